The second-order valence-electron chi connectivity index (χ2n) is 9.36. The molecule has 7 nitrogen and oxygen atoms in total. The van der Waals surface area contributed by atoms with Gasteiger partial charge in [0.05, 0.1) is 17.0 Å². The number of nitrogens with zero attached hydrogens (tertiary/aromatic N) is 2. The van der Waals surface area contributed by atoms with E-state index < -0.39 is 40.2 Å². The Kier molecular flexibility index (Phi) is 10.5. The molecule has 3 aromatic carbocycles. The van der Waals surface area contributed by atoms with Gasteiger partial charge in [0.2, 0.25) is 21.8 Å². The summed E-state index contributed by atoms with van der Waals surface area (Å²) < 4.78 is 41.3. The monoisotopic (exact) mass is 573 g/mol. The number of nitrogens with one attached hydrogen (secondary N) is 1. The zero-order valence-corrected chi connectivity index (χ0v) is 23.8. The zero-order chi connectivity index (χ0) is 28.6. The van der Waals surface area contributed by atoms with Crippen molar-refractivity contribution < 1.29 is 22.4 Å². The summed E-state index contributed by atoms with van der Waals surface area (Å²) in [6.45, 7) is 2.91. The van der Waals surface area contributed by atoms with E-state index in [1.54, 1.807) is 18.2 Å². The van der Waals surface area contributed by atoms with Crippen molar-refractivity contribution in [2.24, 2.45) is 0 Å². The summed E-state index contributed by atoms with van der Waals surface area (Å²) in [7, 11) is -3.95. The number of carbonyl (C=O) groups is 2. The number of para-hydroxylation sites is 1. The summed E-state index contributed by atoms with van der Waals surface area (Å²) >= 11 is 6.29. The van der Waals surface area contributed by atoms with E-state index in [1.807, 2.05) is 44.2 Å². The van der Waals surface area contributed by atoms with Crippen LogP contribution in [0, 0.1) is 5.82 Å². The third-order valence-corrected chi connectivity index (χ3v) is 7.82. The van der Waals surface area contributed by atoms with Crippen molar-refractivity contribution in [3.8, 4) is 0 Å². The van der Waals surface area contributed by atoms with Crippen molar-refractivity contribution >= 4 is 39.1 Å². The van der Waals surface area contributed by atoms with E-state index in [-0.39, 0.29) is 35.3 Å². The summed E-state index contributed by atoms with van der Waals surface area (Å²) in [5.41, 5.74) is 1.12. The second kappa shape index (κ2) is 13.6. The highest BCUT2D eigenvalue weighted by atomic mass is 35.5. The van der Waals surface area contributed by atoms with Crippen LogP contribution in [0.15, 0.2) is 78.9 Å². The summed E-state index contributed by atoms with van der Waals surface area (Å²) in [5.74, 6) is -1.63. The van der Waals surface area contributed by atoms with Crippen LogP contribution >= 0.6 is 11.6 Å². The minimum Gasteiger partial charge on any atom is -0.352 e. The van der Waals surface area contributed by atoms with Crippen LogP contribution in [0.25, 0.3) is 0 Å². The number of benzene rings is 3. The lowest BCUT2D eigenvalue weighted by Gasteiger charge is -2.34. The molecule has 0 aliphatic heterocycles. The molecule has 0 saturated carbocycles. The van der Waals surface area contributed by atoms with Crippen molar-refractivity contribution in [1.82, 2.24) is 10.2 Å². The molecule has 0 aliphatic rings. The fraction of sp³-hybridized carbons (Fsp3) is 0.310. The molecule has 2 atom stereocenters. The van der Waals surface area contributed by atoms with E-state index in [2.05, 4.69) is 5.32 Å². The smallest absolute Gasteiger partial charge is 0.244 e. The Hall–Kier alpha value is -3.43. The average Bonchev–Trinajstić information content (AvgIpc) is 2.90. The third kappa shape index (κ3) is 8.28. The summed E-state index contributed by atoms with van der Waals surface area (Å²) in [4.78, 5) is 28.8. The van der Waals surface area contributed by atoms with Gasteiger partial charge >= 0.3 is 0 Å². The Morgan fingerprint density at radius 3 is 2.21 bits per heavy atom. The first-order chi connectivity index (χ1) is 18.5. The van der Waals surface area contributed by atoms with Crippen LogP contribution in [-0.2, 0) is 32.6 Å². The van der Waals surface area contributed by atoms with Crippen LogP contribution in [0.2, 0.25) is 5.02 Å². The van der Waals surface area contributed by atoms with E-state index >= 15 is 0 Å². The number of anilines is 1. The van der Waals surface area contributed by atoms with Crippen molar-refractivity contribution in [3.63, 3.8) is 0 Å². The highest BCUT2D eigenvalue weighted by Crippen LogP contribution is 2.28. The minimum absolute atomic E-state index is 0.129. The molecule has 208 valence electrons. The Morgan fingerprint density at radius 2 is 1.59 bits per heavy atom. The van der Waals surface area contributed by atoms with E-state index in [0.29, 0.717) is 6.42 Å². The Balaban J connectivity index is 2.08. The van der Waals surface area contributed by atoms with Crippen LogP contribution in [0.1, 0.15) is 31.4 Å². The number of carbonyl (C=O) groups excluding carboxylic acids is 2. The molecule has 0 radical (unpaired) electrons. The molecule has 0 saturated heterocycles. The number of hydrogen-bond acceptors (Lipinski definition) is 4. The van der Waals surface area contributed by atoms with E-state index in [4.69, 9.17) is 11.6 Å². The molecule has 10 heteroatoms. The SMILES string of the molecule is CC[C@@H](C)NC(=O)[C@@H](Cc1ccccc1)N(Cc1ccccc1F)C(=O)CN(c1ccccc1Cl)S(C)(=O)=O. The van der Waals surface area contributed by atoms with Gasteiger partial charge in [-0.05, 0) is 37.1 Å². The molecule has 3 rings (SSSR count). The van der Waals surface area contributed by atoms with Gasteiger partial charge in [0.15, 0.2) is 0 Å². The fourth-order valence-electron chi connectivity index (χ4n) is 4.05. The van der Waals surface area contributed by atoms with Crippen molar-refractivity contribution in [1.29, 1.82) is 0 Å². The van der Waals surface area contributed by atoms with Gasteiger partial charge in [0.1, 0.15) is 18.4 Å². The molecule has 0 fully saturated rings. The first-order valence-corrected chi connectivity index (χ1v) is 14.8. The highest BCUT2D eigenvalue weighted by molar-refractivity contribution is 7.92. The predicted octanol–water partition coefficient (Wildman–Crippen LogP) is 4.80. The minimum atomic E-state index is -3.95. The fourth-order valence-corrected chi connectivity index (χ4v) is 5.20. The predicted molar refractivity (Wildman–Crippen MR) is 152 cm³/mol. The number of hydrogen-bond donors (Lipinski definition) is 1. The van der Waals surface area contributed by atoms with E-state index in [1.165, 1.54) is 35.2 Å². The molecule has 0 spiro atoms. The molecular weight excluding hydrogens is 541 g/mol. The van der Waals surface area contributed by atoms with Crippen LogP contribution in [0.3, 0.4) is 0 Å². The van der Waals surface area contributed by atoms with E-state index in [0.717, 1.165) is 16.1 Å². The van der Waals surface area contributed by atoms with Crippen molar-refractivity contribution in [2.75, 3.05) is 17.1 Å². The normalized spacial score (nSPS) is 12.8. The maximum absolute atomic E-state index is 14.8. The molecule has 0 aromatic heterocycles. The van der Waals surface area contributed by atoms with Gasteiger partial charge in [-0.15, -0.1) is 0 Å². The standard InChI is InChI=1S/C29H33ClFN3O4S/c1-4-21(2)32-29(36)27(18-22-12-6-5-7-13-22)33(19-23-14-8-10-16-25(23)31)28(35)20-34(39(3,37)38)26-17-11-9-15-24(26)30/h5-17,21,27H,4,18-20H2,1-3H3,(H,32,36)/t21-,27-/m1/s1. The van der Waals surface area contributed by atoms with Crippen LogP contribution < -0.4 is 9.62 Å². The number of halogens is 2. The zero-order valence-electron chi connectivity index (χ0n) is 22.2. The molecular formula is C29H33ClFN3O4S. The lowest BCUT2D eigenvalue weighted by Crippen LogP contribution is -2.54. The van der Waals surface area contributed by atoms with Gasteiger partial charge in [0.25, 0.3) is 0 Å². The number of rotatable bonds is 12. The van der Waals surface area contributed by atoms with Crippen LogP contribution in [-0.4, -0.2) is 50.0 Å². The van der Waals surface area contributed by atoms with Crippen LogP contribution in [0.4, 0.5) is 10.1 Å². The molecule has 3 aromatic rings. The van der Waals surface area contributed by atoms with E-state index in [9.17, 15) is 22.4 Å². The Labute approximate surface area is 234 Å². The molecule has 0 heterocycles. The van der Waals surface area contributed by atoms with Gasteiger partial charge < -0.3 is 10.2 Å². The first kappa shape index (κ1) is 30.1. The Bertz CT molecular complexity index is 1390. The first-order valence-electron chi connectivity index (χ1n) is 12.6. The maximum atomic E-state index is 14.8. The highest BCUT2D eigenvalue weighted by Gasteiger charge is 2.34. The lowest BCUT2D eigenvalue weighted by atomic mass is 10.0. The van der Waals surface area contributed by atoms with Gasteiger partial charge in [-0.1, -0.05) is 79.2 Å². The molecule has 0 bridgehead atoms. The van der Waals surface area contributed by atoms with Crippen LogP contribution in [0.5, 0.6) is 0 Å². The number of sulfonamides is 1. The second-order valence-corrected chi connectivity index (χ2v) is 11.7. The molecule has 39 heavy (non-hydrogen) atoms. The van der Waals surface area contributed by atoms with Crippen molar-refractivity contribution in [2.45, 2.75) is 45.3 Å². The van der Waals surface area contributed by atoms with Crippen molar-refractivity contribution in [3.05, 3.63) is 101 Å². The van der Waals surface area contributed by atoms with Gasteiger partial charge in [0, 0.05) is 24.6 Å². The number of amides is 2. The molecule has 0 unspecified atom stereocenters. The topological polar surface area (TPSA) is 86.8 Å². The molecule has 0 aliphatic carbocycles. The summed E-state index contributed by atoms with van der Waals surface area (Å²) in [5, 5.41) is 3.08. The lowest BCUT2D eigenvalue weighted by molar-refractivity contribution is -0.140. The molecule has 1 N–H and O–H groups in total. The van der Waals surface area contributed by atoms with Gasteiger partial charge in [-0.3, -0.25) is 13.9 Å². The van der Waals surface area contributed by atoms with Gasteiger partial charge in [-0.25, -0.2) is 12.8 Å². The quantitative estimate of drug-likeness (QED) is 0.337. The van der Waals surface area contributed by atoms with Gasteiger partial charge in [-0.2, -0.15) is 0 Å². The summed E-state index contributed by atoms with van der Waals surface area (Å²) in [6.07, 6.45) is 1.79. The average molecular weight is 574 g/mol. The largest absolute Gasteiger partial charge is 0.352 e. The maximum Gasteiger partial charge on any atom is 0.244 e. The summed E-state index contributed by atoms with van der Waals surface area (Å²) in [6, 6.07) is 20.2. The third-order valence-electron chi connectivity index (χ3n) is 6.37. The Morgan fingerprint density at radius 1 is 0.974 bits per heavy atom. The molecule has 2 amide bonds.